The molecule has 0 heterocycles. The van der Waals surface area contributed by atoms with Crippen molar-refractivity contribution in [2.45, 2.75) is 77.0 Å². The van der Waals surface area contributed by atoms with Crippen molar-refractivity contribution in [3.63, 3.8) is 0 Å². The number of unbranched alkanes of at least 4 members (excludes halogenated alkanes) is 4. The van der Waals surface area contributed by atoms with Crippen molar-refractivity contribution in [2.24, 2.45) is 0 Å². The molecule has 132 valence electrons. The largest absolute Gasteiger partial charge is 0.282 e. The first-order chi connectivity index (χ1) is 11.5. The van der Waals surface area contributed by atoms with E-state index in [9.17, 15) is 8.42 Å². The van der Waals surface area contributed by atoms with Gasteiger partial charge in [-0.3, -0.25) is 0 Å². The molecule has 0 bridgehead atoms. The zero-order valence-electron chi connectivity index (χ0n) is 15.1. The molecule has 3 nitrogen and oxygen atoms in total. The molecular weight excluding hydrogens is 318 g/mol. The summed E-state index contributed by atoms with van der Waals surface area (Å²) in [6.07, 6.45) is 7.60. The quantitative estimate of drug-likeness (QED) is 0.381. The van der Waals surface area contributed by atoms with E-state index in [1.807, 2.05) is 6.92 Å². The lowest BCUT2D eigenvalue weighted by molar-refractivity contribution is 0.600. The monoisotopic (exact) mass is 347 g/mol. The molecule has 0 N–H and O–H groups in total. The second-order valence-corrected chi connectivity index (χ2v) is 8.12. The van der Waals surface area contributed by atoms with Crippen LogP contribution < -0.4 is 0 Å². The van der Waals surface area contributed by atoms with E-state index in [0.717, 1.165) is 49.7 Å². The Morgan fingerprint density at radius 1 is 0.958 bits per heavy atom. The standard InChI is InChI=1S/C20H29NO2S/c1-5-7-9-11-18(12-10-8-6-2)20(21-4)24(22,23)19-15-13-17(3)14-16-19/h13-16H,5-12H2,1-3H3. The minimum absolute atomic E-state index is 0.0430. The van der Waals surface area contributed by atoms with E-state index < -0.39 is 9.84 Å². The molecular formula is C20H29NO2S. The molecule has 0 aliphatic carbocycles. The zero-order chi connectivity index (χ0) is 18.0. The molecule has 1 rings (SSSR count). The van der Waals surface area contributed by atoms with Gasteiger partial charge in [0.05, 0.1) is 11.5 Å². The third-order valence-electron chi connectivity index (χ3n) is 4.15. The van der Waals surface area contributed by atoms with Crippen molar-refractivity contribution in [1.82, 2.24) is 0 Å². The average molecular weight is 348 g/mol. The van der Waals surface area contributed by atoms with Gasteiger partial charge < -0.3 is 0 Å². The first kappa shape index (κ1) is 20.4. The second kappa shape index (κ2) is 10.3. The van der Waals surface area contributed by atoms with Crippen LogP contribution in [-0.2, 0) is 9.84 Å². The van der Waals surface area contributed by atoms with E-state index in [0.29, 0.717) is 12.8 Å². The van der Waals surface area contributed by atoms with Gasteiger partial charge >= 0.3 is 0 Å². The highest BCUT2D eigenvalue weighted by molar-refractivity contribution is 7.95. The highest BCUT2D eigenvalue weighted by atomic mass is 32.2. The summed E-state index contributed by atoms with van der Waals surface area (Å²) >= 11 is 0. The van der Waals surface area contributed by atoms with Gasteiger partial charge in [-0.05, 0) is 31.9 Å². The van der Waals surface area contributed by atoms with E-state index in [1.54, 1.807) is 24.3 Å². The van der Waals surface area contributed by atoms with Crippen LogP contribution in [0.2, 0.25) is 0 Å². The normalized spacial score (nSPS) is 11.1. The van der Waals surface area contributed by atoms with Gasteiger partial charge in [-0.1, -0.05) is 75.6 Å². The number of rotatable bonds is 10. The Kier molecular flexibility index (Phi) is 8.78. The molecule has 0 radical (unpaired) electrons. The van der Waals surface area contributed by atoms with E-state index in [1.165, 1.54) is 0 Å². The molecule has 0 saturated heterocycles. The van der Waals surface area contributed by atoms with Crippen molar-refractivity contribution in [2.75, 3.05) is 0 Å². The van der Waals surface area contributed by atoms with Crippen LogP contribution in [0.3, 0.4) is 0 Å². The van der Waals surface area contributed by atoms with Crippen LogP contribution in [0.5, 0.6) is 0 Å². The lowest BCUT2D eigenvalue weighted by atomic mass is 10.0. The maximum Gasteiger partial charge on any atom is 0.282 e. The molecule has 0 amide bonds. The Morgan fingerprint density at radius 3 is 1.88 bits per heavy atom. The smallest absolute Gasteiger partial charge is 0.230 e. The molecule has 0 aromatic heterocycles. The van der Waals surface area contributed by atoms with Crippen LogP contribution in [0.4, 0.5) is 0 Å². The molecule has 1 aromatic rings. The van der Waals surface area contributed by atoms with E-state index in [2.05, 4.69) is 18.7 Å². The predicted molar refractivity (Wildman–Crippen MR) is 100 cm³/mol. The molecule has 0 spiro atoms. The molecule has 24 heavy (non-hydrogen) atoms. The number of allylic oxidation sites excluding steroid dienone is 1. The number of aryl methyl sites for hydroxylation is 1. The zero-order valence-corrected chi connectivity index (χ0v) is 16.0. The van der Waals surface area contributed by atoms with Crippen LogP contribution in [0.25, 0.3) is 4.85 Å². The summed E-state index contributed by atoms with van der Waals surface area (Å²) in [5.74, 6) is 0. The lowest BCUT2D eigenvalue weighted by Crippen LogP contribution is -2.06. The van der Waals surface area contributed by atoms with Crippen molar-refractivity contribution in [1.29, 1.82) is 0 Å². The Labute approximate surface area is 147 Å². The predicted octanol–water partition coefficient (Wildman–Crippen LogP) is 6.06. The third kappa shape index (κ3) is 5.79. The van der Waals surface area contributed by atoms with Crippen molar-refractivity contribution < 1.29 is 8.42 Å². The van der Waals surface area contributed by atoms with Gasteiger partial charge in [0.1, 0.15) is 0 Å². The van der Waals surface area contributed by atoms with Crippen LogP contribution in [0, 0.1) is 13.5 Å². The molecule has 0 unspecified atom stereocenters. The molecule has 0 aliphatic rings. The number of nitrogens with zero attached hydrogens (tertiary/aromatic N) is 1. The summed E-state index contributed by atoms with van der Waals surface area (Å²) in [4.78, 5) is 3.68. The van der Waals surface area contributed by atoms with E-state index in [-0.39, 0.29) is 9.92 Å². The van der Waals surface area contributed by atoms with Crippen molar-refractivity contribution in [3.8, 4) is 0 Å². The summed E-state index contributed by atoms with van der Waals surface area (Å²) in [6.45, 7) is 13.7. The summed E-state index contributed by atoms with van der Waals surface area (Å²) in [6, 6.07) is 6.77. The summed E-state index contributed by atoms with van der Waals surface area (Å²) < 4.78 is 25.8. The van der Waals surface area contributed by atoms with Gasteiger partial charge in [-0.15, -0.1) is 0 Å². The van der Waals surface area contributed by atoms with E-state index >= 15 is 0 Å². The Hall–Kier alpha value is -1.60. The summed E-state index contributed by atoms with van der Waals surface area (Å²) in [5, 5.41) is -0.0430. The minimum Gasteiger partial charge on any atom is -0.230 e. The number of benzene rings is 1. The second-order valence-electron chi connectivity index (χ2n) is 6.25. The van der Waals surface area contributed by atoms with Crippen molar-refractivity contribution >= 4 is 9.84 Å². The van der Waals surface area contributed by atoms with Gasteiger partial charge in [0.25, 0.3) is 5.03 Å². The fraction of sp³-hybridized carbons (Fsp3) is 0.550. The molecule has 0 atom stereocenters. The van der Waals surface area contributed by atoms with Crippen molar-refractivity contribution in [3.05, 3.63) is 51.8 Å². The molecule has 4 heteroatoms. The van der Waals surface area contributed by atoms with Gasteiger partial charge in [0, 0.05) is 0 Å². The first-order valence-corrected chi connectivity index (χ1v) is 10.4. The van der Waals surface area contributed by atoms with Crippen LogP contribution in [-0.4, -0.2) is 8.42 Å². The summed E-state index contributed by atoms with van der Waals surface area (Å²) in [5.41, 5.74) is 1.82. The van der Waals surface area contributed by atoms with Gasteiger partial charge in [-0.25, -0.2) is 13.3 Å². The van der Waals surface area contributed by atoms with Crippen LogP contribution >= 0.6 is 0 Å². The molecule has 0 fully saturated rings. The fourth-order valence-corrected chi connectivity index (χ4v) is 4.10. The lowest BCUT2D eigenvalue weighted by Gasteiger charge is -2.12. The Bertz CT molecular complexity index is 667. The maximum atomic E-state index is 12.9. The molecule has 0 saturated carbocycles. The Balaban J connectivity index is 3.21. The van der Waals surface area contributed by atoms with E-state index in [4.69, 9.17) is 6.57 Å². The van der Waals surface area contributed by atoms with Crippen LogP contribution in [0.15, 0.2) is 39.8 Å². The Morgan fingerprint density at radius 2 is 1.46 bits per heavy atom. The summed E-state index contributed by atoms with van der Waals surface area (Å²) in [7, 11) is -3.72. The van der Waals surface area contributed by atoms with Gasteiger partial charge in [-0.2, -0.15) is 0 Å². The average Bonchev–Trinajstić information content (AvgIpc) is 2.55. The SMILES string of the molecule is [C-]#[N+]C(=C(CCCCC)CCCCC)S(=O)(=O)c1ccc(C)cc1. The maximum absolute atomic E-state index is 12.9. The van der Waals surface area contributed by atoms with Crippen LogP contribution in [0.1, 0.15) is 70.8 Å². The minimum atomic E-state index is -3.72. The number of sulfone groups is 1. The molecule has 0 aliphatic heterocycles. The third-order valence-corrected chi connectivity index (χ3v) is 5.94. The fourth-order valence-electron chi connectivity index (χ4n) is 2.67. The highest BCUT2D eigenvalue weighted by Crippen LogP contribution is 2.29. The molecule has 1 aromatic carbocycles. The number of hydrogen-bond donors (Lipinski definition) is 0. The first-order valence-electron chi connectivity index (χ1n) is 8.88. The van der Waals surface area contributed by atoms with Gasteiger partial charge in [0.2, 0.25) is 9.84 Å². The van der Waals surface area contributed by atoms with Gasteiger partial charge in [0.15, 0.2) is 0 Å². The highest BCUT2D eigenvalue weighted by Gasteiger charge is 2.25. The number of hydrogen-bond acceptors (Lipinski definition) is 2. The topological polar surface area (TPSA) is 38.5 Å².